The molecule has 6 aromatic rings. The third-order valence-corrected chi connectivity index (χ3v) is 8.98. The van der Waals surface area contributed by atoms with Crippen molar-refractivity contribution in [2.24, 2.45) is 0 Å². The number of rotatable bonds is 2. The molecule has 2 heteroatoms. The number of aliphatic hydroxyl groups is 2. The molecule has 2 aliphatic carbocycles. The molecule has 0 unspecified atom stereocenters. The van der Waals surface area contributed by atoms with Crippen molar-refractivity contribution in [2.75, 3.05) is 0 Å². The third kappa shape index (κ3) is 3.28. The van der Waals surface area contributed by atoms with E-state index in [4.69, 9.17) is 0 Å². The monoisotopic (exact) mass is 540 g/mol. The molecule has 8 rings (SSSR count). The van der Waals surface area contributed by atoms with Crippen molar-refractivity contribution in [3.8, 4) is 0 Å². The summed E-state index contributed by atoms with van der Waals surface area (Å²) in [6, 6.07) is 52.6. The molecule has 0 radical (unpaired) electrons. The fourth-order valence-corrected chi connectivity index (χ4v) is 7.17. The molecule has 0 saturated heterocycles. The van der Waals surface area contributed by atoms with E-state index in [1.54, 1.807) is 0 Å². The molecule has 0 amide bonds. The molecule has 0 heterocycles. The summed E-state index contributed by atoms with van der Waals surface area (Å²) in [5.41, 5.74) is 8.41. The molecule has 42 heavy (non-hydrogen) atoms. The summed E-state index contributed by atoms with van der Waals surface area (Å²) in [6.07, 6.45) is 0. The second-order valence-corrected chi connectivity index (χ2v) is 11.1. The number of hydrogen-bond acceptors (Lipinski definition) is 2. The fraction of sp³-hybridized carbons (Fsp3) is 0.0500. The van der Waals surface area contributed by atoms with Crippen molar-refractivity contribution in [3.05, 3.63) is 213 Å². The first-order chi connectivity index (χ1) is 20.6. The minimum absolute atomic E-state index is 0.830. The van der Waals surface area contributed by atoms with Crippen LogP contribution < -0.4 is 0 Å². The lowest BCUT2D eigenvalue weighted by Gasteiger charge is -2.42. The molecule has 2 N–H and O–H groups in total. The van der Waals surface area contributed by atoms with E-state index in [0.717, 1.165) is 66.8 Å². The molecular formula is C40H28O2. The lowest BCUT2D eigenvalue weighted by Crippen LogP contribution is -2.36. The first-order valence-corrected chi connectivity index (χ1v) is 14.3. The molecule has 0 aliphatic heterocycles. The van der Waals surface area contributed by atoms with Gasteiger partial charge in [0.15, 0.2) is 0 Å². The van der Waals surface area contributed by atoms with Crippen molar-refractivity contribution in [2.45, 2.75) is 11.2 Å². The predicted octanol–water partition coefficient (Wildman–Crippen LogP) is 7.89. The molecule has 0 aromatic heterocycles. The summed E-state index contributed by atoms with van der Waals surface area (Å²) in [7, 11) is 0. The summed E-state index contributed by atoms with van der Waals surface area (Å²) in [4.78, 5) is 0. The van der Waals surface area contributed by atoms with Crippen molar-refractivity contribution in [3.63, 3.8) is 0 Å². The SMILES string of the molecule is OC1(c2ccccc2)c2ccccc2C(=C2c3ccccc3C(O)(c3ccccc3)c3ccccc32)c2ccccc21. The average molecular weight is 541 g/mol. The van der Waals surface area contributed by atoms with Gasteiger partial charge in [0.25, 0.3) is 0 Å². The zero-order valence-corrected chi connectivity index (χ0v) is 22.9. The summed E-state index contributed by atoms with van der Waals surface area (Å²) >= 11 is 0. The van der Waals surface area contributed by atoms with Gasteiger partial charge < -0.3 is 10.2 Å². The van der Waals surface area contributed by atoms with Gasteiger partial charge in [-0.3, -0.25) is 0 Å². The van der Waals surface area contributed by atoms with Gasteiger partial charge in [0, 0.05) is 22.3 Å². The Hall–Kier alpha value is -5.02. The van der Waals surface area contributed by atoms with Gasteiger partial charge >= 0.3 is 0 Å². The Morgan fingerprint density at radius 1 is 0.286 bits per heavy atom. The highest BCUT2D eigenvalue weighted by atomic mass is 16.3. The van der Waals surface area contributed by atoms with Crippen LogP contribution in [-0.4, -0.2) is 10.2 Å². The van der Waals surface area contributed by atoms with Crippen molar-refractivity contribution >= 4 is 11.1 Å². The zero-order valence-electron chi connectivity index (χ0n) is 22.9. The van der Waals surface area contributed by atoms with E-state index in [1.807, 2.05) is 133 Å². The minimum atomic E-state index is -1.32. The highest BCUT2D eigenvalue weighted by Crippen LogP contribution is 2.55. The Morgan fingerprint density at radius 2 is 0.524 bits per heavy atom. The highest BCUT2D eigenvalue weighted by molar-refractivity contribution is 6.09. The largest absolute Gasteiger partial charge is 0.376 e. The maximum absolute atomic E-state index is 12.7. The highest BCUT2D eigenvalue weighted by Gasteiger charge is 2.46. The summed E-state index contributed by atoms with van der Waals surface area (Å²) in [6.45, 7) is 0. The summed E-state index contributed by atoms with van der Waals surface area (Å²) < 4.78 is 0. The van der Waals surface area contributed by atoms with E-state index >= 15 is 0 Å². The third-order valence-electron chi connectivity index (χ3n) is 8.98. The van der Waals surface area contributed by atoms with E-state index in [1.165, 1.54) is 0 Å². The Morgan fingerprint density at radius 3 is 0.810 bits per heavy atom. The molecule has 0 fully saturated rings. The standard InChI is InChI=1S/C40H28O2/c41-39(27-15-3-1-4-16-27)33-23-11-7-19-29(33)37(30-20-8-12-24-34(30)39)38-31-21-9-13-25-35(31)40(42,28-17-5-2-6-18-28)36-26-14-10-22-32(36)38/h1-26,41-42H. The normalized spacial score (nSPS) is 20.2. The second kappa shape index (κ2) is 9.25. The van der Waals surface area contributed by atoms with E-state index in [2.05, 4.69) is 24.3 Å². The second-order valence-electron chi connectivity index (χ2n) is 11.1. The quantitative estimate of drug-likeness (QED) is 0.234. The molecular weight excluding hydrogens is 512 g/mol. The number of fused-ring (bicyclic) bond motifs is 4. The molecule has 0 atom stereocenters. The summed E-state index contributed by atoms with van der Waals surface area (Å²) in [5, 5.41) is 25.4. The number of hydrogen-bond donors (Lipinski definition) is 2. The summed E-state index contributed by atoms with van der Waals surface area (Å²) in [5.74, 6) is 0. The molecule has 0 spiro atoms. The van der Waals surface area contributed by atoms with Crippen LogP contribution in [0.2, 0.25) is 0 Å². The van der Waals surface area contributed by atoms with Crippen molar-refractivity contribution in [1.82, 2.24) is 0 Å². The van der Waals surface area contributed by atoms with Gasteiger partial charge in [-0.2, -0.15) is 0 Å². The molecule has 0 saturated carbocycles. The van der Waals surface area contributed by atoms with Crippen LogP contribution in [0.15, 0.2) is 158 Å². The van der Waals surface area contributed by atoms with Crippen LogP contribution in [-0.2, 0) is 11.2 Å². The van der Waals surface area contributed by atoms with E-state index in [-0.39, 0.29) is 0 Å². The van der Waals surface area contributed by atoms with Gasteiger partial charge in [-0.1, -0.05) is 158 Å². The maximum atomic E-state index is 12.7. The Bertz CT molecular complexity index is 1760. The van der Waals surface area contributed by atoms with Gasteiger partial charge in [-0.05, 0) is 44.5 Å². The van der Waals surface area contributed by atoms with Crippen LogP contribution in [0, 0.1) is 0 Å². The molecule has 2 aliphatic rings. The molecule has 200 valence electrons. The van der Waals surface area contributed by atoms with Crippen molar-refractivity contribution < 1.29 is 10.2 Å². The topological polar surface area (TPSA) is 40.5 Å². The Balaban J connectivity index is 1.53. The predicted molar refractivity (Wildman–Crippen MR) is 168 cm³/mol. The van der Waals surface area contributed by atoms with Gasteiger partial charge in [-0.25, -0.2) is 0 Å². The van der Waals surface area contributed by atoms with Crippen LogP contribution in [0.1, 0.15) is 55.6 Å². The van der Waals surface area contributed by atoms with Crippen LogP contribution in [0.4, 0.5) is 0 Å². The van der Waals surface area contributed by atoms with Crippen molar-refractivity contribution in [1.29, 1.82) is 0 Å². The van der Waals surface area contributed by atoms with Crippen LogP contribution >= 0.6 is 0 Å². The maximum Gasteiger partial charge on any atom is 0.141 e. The lowest BCUT2D eigenvalue weighted by atomic mass is 9.64. The zero-order chi connectivity index (χ0) is 28.3. The first-order valence-electron chi connectivity index (χ1n) is 14.3. The Labute approximate surface area is 245 Å². The van der Waals surface area contributed by atoms with Crippen LogP contribution in [0.3, 0.4) is 0 Å². The Kier molecular flexibility index (Phi) is 5.45. The molecule has 0 bridgehead atoms. The molecule has 2 nitrogen and oxygen atoms in total. The fourth-order valence-electron chi connectivity index (χ4n) is 7.17. The van der Waals surface area contributed by atoms with Crippen LogP contribution in [0.25, 0.3) is 11.1 Å². The van der Waals surface area contributed by atoms with E-state index in [0.29, 0.717) is 0 Å². The van der Waals surface area contributed by atoms with E-state index in [9.17, 15) is 10.2 Å². The smallest absolute Gasteiger partial charge is 0.141 e. The average Bonchev–Trinajstić information content (AvgIpc) is 3.07. The van der Waals surface area contributed by atoms with Gasteiger partial charge in [-0.15, -0.1) is 0 Å². The molecule has 6 aromatic carbocycles. The van der Waals surface area contributed by atoms with E-state index < -0.39 is 11.2 Å². The number of benzene rings is 6. The van der Waals surface area contributed by atoms with Gasteiger partial charge in [0.05, 0.1) is 0 Å². The first kappa shape index (κ1) is 24.8. The van der Waals surface area contributed by atoms with Crippen LogP contribution in [0.5, 0.6) is 0 Å². The lowest BCUT2D eigenvalue weighted by molar-refractivity contribution is 0.123. The van der Waals surface area contributed by atoms with Gasteiger partial charge in [0.2, 0.25) is 0 Å². The van der Waals surface area contributed by atoms with Gasteiger partial charge in [0.1, 0.15) is 11.2 Å². The minimum Gasteiger partial charge on any atom is -0.376 e.